The number of furan rings is 1. The van der Waals surface area contributed by atoms with Gasteiger partial charge in [-0.1, -0.05) is 103 Å². The molecule has 0 fully saturated rings. The molecule has 10 rings (SSSR count). The number of fused-ring (bicyclic) bond motifs is 6. The molecule has 0 aliphatic rings. The number of aromatic nitrogens is 1. The van der Waals surface area contributed by atoms with Crippen LogP contribution in [0, 0.1) is 0 Å². The van der Waals surface area contributed by atoms with Gasteiger partial charge in [-0.25, -0.2) is 0 Å². The summed E-state index contributed by atoms with van der Waals surface area (Å²) in [5, 5.41) is 4.77. The molecule has 0 bridgehead atoms. The van der Waals surface area contributed by atoms with Gasteiger partial charge in [0.15, 0.2) is 0 Å². The van der Waals surface area contributed by atoms with Crippen molar-refractivity contribution in [3.8, 4) is 55.6 Å². The number of hydrogen-bond donors (Lipinski definition) is 0. The third-order valence-corrected chi connectivity index (χ3v) is 10.9. The summed E-state index contributed by atoms with van der Waals surface area (Å²) in [6.07, 6.45) is 3.65. The van der Waals surface area contributed by atoms with E-state index in [0.717, 1.165) is 27.5 Å². The Hall–Kier alpha value is -6.29. The molecular formula is C47H29NOS. The van der Waals surface area contributed by atoms with Crippen molar-refractivity contribution in [2.75, 3.05) is 0 Å². The summed E-state index contributed by atoms with van der Waals surface area (Å²) in [6, 6.07) is 59.3. The van der Waals surface area contributed by atoms with E-state index in [9.17, 15) is 0 Å². The van der Waals surface area contributed by atoms with E-state index in [4.69, 9.17) is 4.42 Å². The molecular weight excluding hydrogens is 627 g/mol. The van der Waals surface area contributed by atoms with E-state index in [1.54, 1.807) is 6.20 Å². The highest BCUT2D eigenvalue weighted by Gasteiger charge is 2.11. The van der Waals surface area contributed by atoms with Gasteiger partial charge in [-0.2, -0.15) is 0 Å². The quantitative estimate of drug-likeness (QED) is 0.184. The average Bonchev–Trinajstić information content (AvgIpc) is 3.76. The van der Waals surface area contributed by atoms with Crippen molar-refractivity contribution in [3.05, 3.63) is 176 Å². The van der Waals surface area contributed by atoms with Gasteiger partial charge in [0.05, 0.1) is 0 Å². The molecule has 0 radical (unpaired) electrons. The molecule has 3 aromatic heterocycles. The van der Waals surface area contributed by atoms with E-state index in [-0.39, 0.29) is 0 Å². The highest BCUT2D eigenvalue weighted by molar-refractivity contribution is 7.25. The van der Waals surface area contributed by atoms with E-state index in [1.807, 2.05) is 23.6 Å². The lowest BCUT2D eigenvalue weighted by molar-refractivity contribution is 0.668. The van der Waals surface area contributed by atoms with Crippen LogP contribution in [0.25, 0.3) is 97.7 Å². The number of nitrogens with zero attached hydrogens (tertiary/aromatic N) is 1. The minimum absolute atomic E-state index is 0.860. The summed E-state index contributed by atoms with van der Waals surface area (Å²) < 4.78 is 8.70. The second kappa shape index (κ2) is 11.7. The van der Waals surface area contributed by atoms with Crippen LogP contribution < -0.4 is 0 Å². The van der Waals surface area contributed by atoms with Crippen LogP contribution in [0.4, 0.5) is 0 Å². The molecule has 3 heterocycles. The highest BCUT2D eigenvalue weighted by atomic mass is 32.1. The van der Waals surface area contributed by atoms with Crippen molar-refractivity contribution in [1.29, 1.82) is 0 Å². The first-order valence-electron chi connectivity index (χ1n) is 16.8. The number of thiophene rings is 1. The SMILES string of the molecule is c1cc(-c2cccc(-c3cccc(-c4ccc5sc6ccccc6c5c4)c3)c2)cc(-c2cccc(-c3ccc4oc5ccncc5c4c3)c2)c1. The summed E-state index contributed by atoms with van der Waals surface area (Å²) >= 11 is 1.86. The summed E-state index contributed by atoms with van der Waals surface area (Å²) in [4.78, 5) is 4.32. The van der Waals surface area contributed by atoms with E-state index in [2.05, 4.69) is 163 Å². The number of pyridine rings is 1. The van der Waals surface area contributed by atoms with Crippen molar-refractivity contribution < 1.29 is 4.42 Å². The molecule has 0 atom stereocenters. The fourth-order valence-corrected chi connectivity index (χ4v) is 8.31. The van der Waals surface area contributed by atoms with Crippen molar-refractivity contribution in [3.63, 3.8) is 0 Å². The van der Waals surface area contributed by atoms with Crippen LogP contribution in [0.5, 0.6) is 0 Å². The van der Waals surface area contributed by atoms with Gasteiger partial charge < -0.3 is 4.42 Å². The van der Waals surface area contributed by atoms with Crippen LogP contribution in [0.1, 0.15) is 0 Å². The van der Waals surface area contributed by atoms with Gasteiger partial charge in [-0.3, -0.25) is 4.98 Å². The van der Waals surface area contributed by atoms with Crippen molar-refractivity contribution in [1.82, 2.24) is 4.98 Å². The first-order chi connectivity index (χ1) is 24.7. The fourth-order valence-electron chi connectivity index (χ4n) is 7.22. The Morgan fingerprint density at radius 2 is 0.800 bits per heavy atom. The van der Waals surface area contributed by atoms with Gasteiger partial charge in [-0.15, -0.1) is 11.3 Å². The van der Waals surface area contributed by atoms with Gasteiger partial charge in [0.25, 0.3) is 0 Å². The maximum absolute atomic E-state index is 6.04. The van der Waals surface area contributed by atoms with Crippen molar-refractivity contribution >= 4 is 53.4 Å². The standard InChI is InChI=1S/C47H29NOS/c1-2-16-46-40(15-1)42-28-39(18-20-47(42)50-46)37-14-6-12-35(26-37)33-10-4-8-31(24-33)30-7-3-9-32(23-30)34-11-5-13-36(25-34)38-17-19-44-41(27-38)43-29-48-22-21-45(43)49-44/h1-29H. The zero-order valence-corrected chi connectivity index (χ0v) is 27.8. The number of benzene rings is 7. The Kier molecular flexibility index (Phi) is 6.71. The smallest absolute Gasteiger partial charge is 0.138 e. The third kappa shape index (κ3) is 4.99. The molecule has 0 unspecified atom stereocenters. The van der Waals surface area contributed by atoms with E-state index in [1.165, 1.54) is 70.2 Å². The molecule has 2 nitrogen and oxygen atoms in total. The van der Waals surface area contributed by atoms with Crippen LogP contribution in [-0.2, 0) is 0 Å². The maximum atomic E-state index is 6.04. The molecule has 0 saturated heterocycles. The van der Waals surface area contributed by atoms with Crippen molar-refractivity contribution in [2.24, 2.45) is 0 Å². The second-order valence-corrected chi connectivity index (χ2v) is 13.9. The monoisotopic (exact) mass is 655 g/mol. The first kappa shape index (κ1) is 28.7. The van der Waals surface area contributed by atoms with E-state index < -0.39 is 0 Å². The molecule has 0 amide bonds. The Labute approximate surface area is 293 Å². The zero-order valence-electron chi connectivity index (χ0n) is 27.0. The minimum atomic E-state index is 0.860. The normalized spacial score (nSPS) is 11.6. The Bertz CT molecular complexity index is 2690. The van der Waals surface area contributed by atoms with Gasteiger partial charge >= 0.3 is 0 Å². The maximum Gasteiger partial charge on any atom is 0.138 e. The molecule has 0 spiro atoms. The lowest BCUT2D eigenvalue weighted by Crippen LogP contribution is -1.85. The minimum Gasteiger partial charge on any atom is -0.456 e. The molecule has 0 aliphatic carbocycles. The molecule has 50 heavy (non-hydrogen) atoms. The number of rotatable bonds is 5. The predicted molar refractivity (Wildman–Crippen MR) is 212 cm³/mol. The number of hydrogen-bond acceptors (Lipinski definition) is 3. The molecule has 0 N–H and O–H groups in total. The van der Waals surface area contributed by atoms with Gasteiger partial charge in [0, 0.05) is 43.3 Å². The predicted octanol–water partition coefficient (Wildman–Crippen LogP) is 13.7. The third-order valence-electron chi connectivity index (χ3n) is 9.76. The topological polar surface area (TPSA) is 26.0 Å². The average molecular weight is 656 g/mol. The van der Waals surface area contributed by atoms with Crippen LogP contribution in [0.2, 0.25) is 0 Å². The molecule has 0 aliphatic heterocycles. The summed E-state index contributed by atoms with van der Waals surface area (Å²) in [5.41, 5.74) is 13.7. The first-order valence-corrected chi connectivity index (χ1v) is 17.6. The second-order valence-electron chi connectivity index (χ2n) is 12.8. The Balaban J connectivity index is 0.968. The molecule has 234 valence electrons. The summed E-state index contributed by atoms with van der Waals surface area (Å²) in [7, 11) is 0. The van der Waals surface area contributed by atoms with Crippen molar-refractivity contribution in [2.45, 2.75) is 0 Å². The molecule has 10 aromatic rings. The lowest BCUT2D eigenvalue weighted by atomic mass is 9.94. The highest BCUT2D eigenvalue weighted by Crippen LogP contribution is 2.38. The Morgan fingerprint density at radius 3 is 1.38 bits per heavy atom. The molecule has 0 saturated carbocycles. The van der Waals surface area contributed by atoms with Crippen LogP contribution in [0.15, 0.2) is 181 Å². The zero-order chi connectivity index (χ0) is 33.0. The largest absolute Gasteiger partial charge is 0.456 e. The summed E-state index contributed by atoms with van der Waals surface area (Å²) in [5.74, 6) is 0. The van der Waals surface area contributed by atoms with Gasteiger partial charge in [0.1, 0.15) is 11.2 Å². The molecule has 7 aromatic carbocycles. The fraction of sp³-hybridized carbons (Fsp3) is 0. The van der Waals surface area contributed by atoms with Crippen LogP contribution in [0.3, 0.4) is 0 Å². The van der Waals surface area contributed by atoms with Gasteiger partial charge in [-0.05, 0) is 116 Å². The molecule has 3 heteroatoms. The Morgan fingerprint density at radius 1 is 0.340 bits per heavy atom. The lowest BCUT2D eigenvalue weighted by Gasteiger charge is -2.11. The van der Waals surface area contributed by atoms with Gasteiger partial charge in [0.2, 0.25) is 0 Å². The van der Waals surface area contributed by atoms with Crippen LogP contribution >= 0.6 is 11.3 Å². The van der Waals surface area contributed by atoms with E-state index >= 15 is 0 Å². The van der Waals surface area contributed by atoms with E-state index in [0.29, 0.717) is 0 Å². The summed E-state index contributed by atoms with van der Waals surface area (Å²) in [6.45, 7) is 0. The van der Waals surface area contributed by atoms with Crippen LogP contribution in [-0.4, -0.2) is 4.98 Å².